The molecule has 4 N–H and O–H groups in total. The third kappa shape index (κ3) is 12.5. The number of alkyl halides is 4. The van der Waals surface area contributed by atoms with Crippen molar-refractivity contribution < 1.29 is 36.1 Å². The number of nitrogens with zero attached hydrogens (tertiary/aromatic N) is 3. The molecule has 0 radical (unpaired) electrons. The van der Waals surface area contributed by atoms with Gasteiger partial charge in [-0.05, 0) is 45.9 Å². The highest BCUT2D eigenvalue weighted by atomic mass is 35.5. The zero-order valence-corrected chi connectivity index (χ0v) is 25.6. The van der Waals surface area contributed by atoms with Crippen molar-refractivity contribution in [1.29, 1.82) is 0 Å². The first kappa shape index (κ1) is 40.7. The van der Waals surface area contributed by atoms with E-state index in [9.17, 15) is 31.5 Å². The first-order valence-electron chi connectivity index (χ1n) is 12.5. The molecule has 2 rings (SSSR count). The van der Waals surface area contributed by atoms with Crippen LogP contribution >= 0.6 is 11.6 Å². The lowest BCUT2D eigenvalue weighted by Crippen LogP contribution is -2.30. The summed E-state index contributed by atoms with van der Waals surface area (Å²) in [5, 5.41) is 7.39. The summed E-state index contributed by atoms with van der Waals surface area (Å²) in [5.74, 6) is -0.930. The van der Waals surface area contributed by atoms with Crippen molar-refractivity contribution in [1.82, 2.24) is 10.2 Å². The fourth-order valence-corrected chi connectivity index (χ4v) is 3.29. The molecule has 0 unspecified atom stereocenters. The molecule has 2 aromatic rings. The van der Waals surface area contributed by atoms with E-state index in [0.717, 1.165) is 25.3 Å². The summed E-state index contributed by atoms with van der Waals surface area (Å²) >= 11 is 6.02. The Morgan fingerprint density at radius 1 is 1.21 bits per heavy atom. The Morgan fingerprint density at radius 3 is 2.14 bits per heavy atom. The van der Waals surface area contributed by atoms with Crippen molar-refractivity contribution in [3.8, 4) is 23.6 Å². The molecule has 0 saturated heterocycles. The molecule has 0 spiro atoms. The van der Waals surface area contributed by atoms with Gasteiger partial charge in [0.1, 0.15) is 23.7 Å². The smallest absolute Gasteiger partial charge is 0.370 e. The van der Waals surface area contributed by atoms with E-state index < -0.39 is 58.6 Å². The van der Waals surface area contributed by atoms with Crippen LogP contribution in [0.5, 0.6) is 0 Å². The van der Waals surface area contributed by atoms with Crippen LogP contribution in [0.15, 0.2) is 57.4 Å². The molecule has 43 heavy (non-hydrogen) atoms. The number of hydrogen-bond donors (Lipinski definition) is 2. The number of benzene rings is 1. The van der Waals surface area contributed by atoms with E-state index in [4.69, 9.17) is 21.9 Å². The minimum absolute atomic E-state index is 0.175. The number of carbonyl (C=O) groups excluding carboxylic acids is 2. The third-order valence-electron chi connectivity index (χ3n) is 4.44. The topological polar surface area (TPSA) is 128 Å². The van der Waals surface area contributed by atoms with E-state index in [1.54, 1.807) is 13.8 Å². The normalized spacial score (nSPS) is 11.7. The van der Waals surface area contributed by atoms with Crippen molar-refractivity contribution in [2.45, 2.75) is 54.6 Å². The molecule has 0 fully saturated rings. The SMILES string of the molecule is C#CC.C/C=C\C=C(/CF)N(/N=C\C)/C(=C(\C)c1onc(-c2c(F)cccc2Cl)c1C(N)=O)C(F)(F)F.CC.CC(N)=O. The zero-order chi connectivity index (χ0) is 33.9. The molecule has 0 bridgehead atoms. The molecule has 8 nitrogen and oxygen atoms in total. The number of allylic oxidation sites excluding steroid dienone is 6. The fraction of sp³-hybridized carbons (Fsp3) is 0.310. The Labute approximate surface area is 252 Å². The van der Waals surface area contributed by atoms with Gasteiger partial charge < -0.3 is 16.0 Å². The van der Waals surface area contributed by atoms with Gasteiger partial charge in [0.25, 0.3) is 5.91 Å². The summed E-state index contributed by atoms with van der Waals surface area (Å²) in [4.78, 5) is 21.5. The number of primary amides is 2. The van der Waals surface area contributed by atoms with Gasteiger partial charge in [0, 0.05) is 18.7 Å². The van der Waals surface area contributed by atoms with Crippen molar-refractivity contribution in [3.05, 3.63) is 70.0 Å². The van der Waals surface area contributed by atoms with E-state index in [1.165, 1.54) is 38.1 Å². The second-order valence-electron chi connectivity index (χ2n) is 7.57. The Hall–Kier alpha value is -4.44. The first-order valence-corrected chi connectivity index (χ1v) is 12.8. The van der Waals surface area contributed by atoms with Crippen LogP contribution in [0.3, 0.4) is 0 Å². The lowest BCUT2D eigenvalue weighted by molar-refractivity contribution is -0.116. The van der Waals surface area contributed by atoms with Gasteiger partial charge in [0.15, 0.2) is 11.5 Å². The average molecular weight is 632 g/mol. The molecule has 1 heterocycles. The van der Waals surface area contributed by atoms with Gasteiger partial charge in [-0.25, -0.2) is 13.8 Å². The Balaban J connectivity index is 0. The van der Waals surface area contributed by atoms with Crippen molar-refractivity contribution in [3.63, 3.8) is 0 Å². The van der Waals surface area contributed by atoms with Crippen LogP contribution in [0.1, 0.15) is 64.6 Å². The number of amides is 2. The highest BCUT2D eigenvalue weighted by Crippen LogP contribution is 2.41. The summed E-state index contributed by atoms with van der Waals surface area (Å²) in [5.41, 5.74) is 5.76. The largest absolute Gasteiger partial charge is 0.433 e. The van der Waals surface area contributed by atoms with Crippen LogP contribution in [0.2, 0.25) is 5.02 Å². The molecular weight excluding hydrogens is 597 g/mol. The summed E-state index contributed by atoms with van der Waals surface area (Å²) < 4.78 is 75.9. The summed E-state index contributed by atoms with van der Waals surface area (Å²) in [6.45, 7) is 9.55. The van der Waals surface area contributed by atoms with Gasteiger partial charge in [-0.2, -0.15) is 18.3 Å². The number of carbonyl (C=O) groups is 2. The molecule has 0 aliphatic carbocycles. The van der Waals surface area contributed by atoms with E-state index in [1.807, 2.05) is 13.8 Å². The highest BCUT2D eigenvalue weighted by Gasteiger charge is 2.43. The van der Waals surface area contributed by atoms with Crippen LogP contribution in [-0.2, 0) is 4.79 Å². The zero-order valence-electron chi connectivity index (χ0n) is 24.8. The minimum Gasteiger partial charge on any atom is -0.370 e. The maximum atomic E-state index is 14.4. The second-order valence-corrected chi connectivity index (χ2v) is 7.98. The fourth-order valence-electron chi connectivity index (χ4n) is 3.04. The van der Waals surface area contributed by atoms with Gasteiger partial charge in [-0.1, -0.05) is 48.8 Å². The predicted octanol–water partition coefficient (Wildman–Crippen LogP) is 7.42. The maximum absolute atomic E-state index is 14.4. The molecule has 236 valence electrons. The number of hydrogen-bond acceptors (Lipinski definition) is 6. The van der Waals surface area contributed by atoms with Crippen LogP contribution in [0, 0.1) is 18.2 Å². The first-order chi connectivity index (χ1) is 20.1. The number of rotatable bonds is 8. The lowest BCUT2D eigenvalue weighted by atomic mass is 10.0. The lowest BCUT2D eigenvalue weighted by Gasteiger charge is -2.26. The number of halogens is 6. The highest BCUT2D eigenvalue weighted by molar-refractivity contribution is 6.33. The monoisotopic (exact) mass is 631 g/mol. The van der Waals surface area contributed by atoms with E-state index in [-0.39, 0.29) is 16.5 Å². The molecule has 0 aliphatic heterocycles. The summed E-state index contributed by atoms with van der Waals surface area (Å²) in [6, 6.07) is 3.59. The molecule has 1 aromatic heterocycles. The second kappa shape index (κ2) is 20.4. The van der Waals surface area contributed by atoms with Crippen molar-refractivity contribution >= 4 is 35.2 Å². The van der Waals surface area contributed by atoms with Crippen molar-refractivity contribution in [2.24, 2.45) is 16.6 Å². The van der Waals surface area contributed by atoms with Gasteiger partial charge in [0.2, 0.25) is 5.91 Å². The maximum Gasteiger partial charge on any atom is 0.433 e. The number of terminal acetylenes is 1. The van der Waals surface area contributed by atoms with Crippen LogP contribution in [0.4, 0.5) is 22.0 Å². The van der Waals surface area contributed by atoms with Crippen molar-refractivity contribution in [2.75, 3.05) is 6.67 Å². The van der Waals surface area contributed by atoms with E-state index in [0.29, 0.717) is 5.01 Å². The standard InChI is InChI=1S/C22H20ClF5N4O2.C3H4.C2H5NO.C2H6/c1-4-6-8-13(11-24)32(30-5-2)20(22(26,27)28)12(3)19-17(21(29)33)18(31-34-19)16-14(23)9-7-10-15(16)25;1-3-2;1-2(3)4;1-2/h4-10H,11H2,1-3H3,(H2,29,33);1H,2H3;1H3,(H2,3,4);1-2H3/b6-4-,13-8+,20-12+,30-5-;;;. The number of nitrogens with two attached hydrogens (primary N) is 2. The Morgan fingerprint density at radius 2 is 1.74 bits per heavy atom. The summed E-state index contributed by atoms with van der Waals surface area (Å²) in [7, 11) is 0. The molecular formula is C29H35ClF5N5O3. The Bertz CT molecular complexity index is 1350. The van der Waals surface area contributed by atoms with Crippen LogP contribution < -0.4 is 11.5 Å². The molecule has 0 aliphatic rings. The molecule has 1 aromatic carbocycles. The van der Waals surface area contributed by atoms with Gasteiger partial charge in [0.05, 0.1) is 16.3 Å². The predicted molar refractivity (Wildman–Crippen MR) is 160 cm³/mol. The third-order valence-corrected chi connectivity index (χ3v) is 4.75. The number of hydrazone groups is 1. The van der Waals surface area contributed by atoms with Gasteiger partial charge in [-0.3, -0.25) is 9.59 Å². The van der Waals surface area contributed by atoms with Gasteiger partial charge >= 0.3 is 6.18 Å². The average Bonchev–Trinajstić information content (AvgIpc) is 3.35. The Kier molecular flexibility index (Phi) is 19.3. The van der Waals surface area contributed by atoms with Gasteiger partial charge in [-0.15, -0.1) is 12.3 Å². The van der Waals surface area contributed by atoms with Crippen LogP contribution in [0.25, 0.3) is 16.8 Å². The molecule has 14 heteroatoms. The summed E-state index contributed by atoms with van der Waals surface area (Å²) in [6.07, 6.45) is 4.44. The minimum atomic E-state index is -5.10. The van der Waals surface area contributed by atoms with E-state index >= 15 is 0 Å². The van der Waals surface area contributed by atoms with Crippen LogP contribution in [-0.4, -0.2) is 41.0 Å². The molecule has 2 amide bonds. The number of aromatic nitrogens is 1. The molecule has 0 atom stereocenters. The molecule has 0 saturated carbocycles. The quantitative estimate of drug-likeness (QED) is 0.103. The van der Waals surface area contributed by atoms with E-state index in [2.05, 4.69) is 28.3 Å².